The minimum absolute atomic E-state index is 0.0567. The smallest absolute Gasteiger partial charge is 0.321 e. The minimum Gasteiger partial charge on any atom is -0.508 e. The zero-order chi connectivity index (χ0) is 18.5. The lowest BCUT2D eigenvalue weighted by Crippen LogP contribution is -2.28. The van der Waals surface area contributed by atoms with Crippen LogP contribution in [0.4, 0.5) is 0 Å². The molecule has 0 spiro atoms. The Hall–Kier alpha value is -2.57. The van der Waals surface area contributed by atoms with E-state index in [2.05, 4.69) is 11.8 Å². The van der Waals surface area contributed by atoms with Crippen LogP contribution < -0.4 is 4.74 Å². The number of carbonyl (C=O) groups is 3. The van der Waals surface area contributed by atoms with Gasteiger partial charge in [0.2, 0.25) is 0 Å². The van der Waals surface area contributed by atoms with E-state index in [0.717, 1.165) is 12.2 Å². The molecular formula is C17H25NO6. The lowest BCUT2D eigenvalue weighted by Gasteiger charge is -2.11. The summed E-state index contributed by atoms with van der Waals surface area (Å²) in [6.07, 6.45) is 1.48. The number of phenols is 1. The SMILES string of the molecule is CC.CCC(C)Oc1ccc(O)cc1.O=CON1C(=O)CCC1=O. The molecule has 134 valence electrons. The number of aromatic hydroxyl groups is 1. The quantitative estimate of drug-likeness (QED) is 0.655. The molecule has 2 amide bonds. The molecule has 1 atom stereocenters. The Kier molecular flexibility index (Phi) is 10.6. The van der Waals surface area contributed by atoms with Gasteiger partial charge in [-0.25, -0.2) is 0 Å². The fourth-order valence-corrected chi connectivity index (χ4v) is 1.56. The molecule has 1 aliphatic rings. The van der Waals surface area contributed by atoms with Crippen molar-refractivity contribution < 1.29 is 29.1 Å². The number of rotatable bonds is 5. The number of hydrogen-bond donors (Lipinski definition) is 1. The first-order valence-corrected chi connectivity index (χ1v) is 7.89. The monoisotopic (exact) mass is 339 g/mol. The Morgan fingerprint density at radius 3 is 2.08 bits per heavy atom. The van der Waals surface area contributed by atoms with Crippen molar-refractivity contribution in [2.45, 2.75) is 53.1 Å². The Balaban J connectivity index is 0.000000405. The maximum atomic E-state index is 10.6. The number of ether oxygens (including phenoxy) is 1. The molecule has 2 rings (SSSR count). The number of hydroxylamine groups is 2. The highest BCUT2D eigenvalue weighted by molar-refractivity contribution is 6.01. The maximum Gasteiger partial charge on any atom is 0.321 e. The molecule has 1 heterocycles. The van der Waals surface area contributed by atoms with E-state index in [9.17, 15) is 14.4 Å². The van der Waals surface area contributed by atoms with Crippen LogP contribution in [-0.2, 0) is 19.2 Å². The number of imide groups is 1. The van der Waals surface area contributed by atoms with Crippen LogP contribution in [0.3, 0.4) is 0 Å². The molecule has 7 heteroatoms. The van der Waals surface area contributed by atoms with Gasteiger partial charge in [0, 0.05) is 12.8 Å². The summed E-state index contributed by atoms with van der Waals surface area (Å²) < 4.78 is 5.51. The third-order valence-corrected chi connectivity index (χ3v) is 2.90. The van der Waals surface area contributed by atoms with Gasteiger partial charge < -0.3 is 14.7 Å². The summed E-state index contributed by atoms with van der Waals surface area (Å²) in [6.45, 7) is 8.15. The summed E-state index contributed by atoms with van der Waals surface area (Å²) in [5.41, 5.74) is 0. The number of nitrogens with zero attached hydrogens (tertiary/aromatic N) is 1. The van der Waals surface area contributed by atoms with Crippen LogP contribution in [0.5, 0.6) is 11.5 Å². The van der Waals surface area contributed by atoms with Crippen LogP contribution in [0, 0.1) is 0 Å². The normalized spacial score (nSPS) is 13.9. The van der Waals surface area contributed by atoms with Gasteiger partial charge >= 0.3 is 6.47 Å². The summed E-state index contributed by atoms with van der Waals surface area (Å²) in [7, 11) is 0. The van der Waals surface area contributed by atoms with Crippen molar-refractivity contribution in [1.29, 1.82) is 0 Å². The highest BCUT2D eigenvalue weighted by Crippen LogP contribution is 2.17. The van der Waals surface area contributed by atoms with Gasteiger partial charge in [-0.15, -0.1) is 5.06 Å². The number of hydrogen-bond acceptors (Lipinski definition) is 6. The molecule has 1 saturated heterocycles. The first-order chi connectivity index (χ1) is 11.5. The average molecular weight is 339 g/mol. The average Bonchev–Trinajstić information content (AvgIpc) is 2.91. The van der Waals surface area contributed by atoms with Crippen LogP contribution in [0.25, 0.3) is 0 Å². The molecule has 0 aromatic heterocycles. The van der Waals surface area contributed by atoms with E-state index in [1.54, 1.807) is 24.3 Å². The van der Waals surface area contributed by atoms with Crippen molar-refractivity contribution in [2.75, 3.05) is 0 Å². The maximum absolute atomic E-state index is 10.6. The summed E-state index contributed by atoms with van der Waals surface area (Å²) >= 11 is 0. The molecular weight excluding hydrogens is 314 g/mol. The van der Waals surface area contributed by atoms with Gasteiger partial charge in [0.1, 0.15) is 11.5 Å². The Morgan fingerprint density at radius 1 is 1.17 bits per heavy atom. The second kappa shape index (κ2) is 11.9. The third kappa shape index (κ3) is 7.62. The molecule has 0 aliphatic carbocycles. The van der Waals surface area contributed by atoms with Crippen molar-refractivity contribution in [3.05, 3.63) is 24.3 Å². The second-order valence-electron chi connectivity index (χ2n) is 4.61. The number of amides is 2. The van der Waals surface area contributed by atoms with E-state index in [1.807, 2.05) is 20.8 Å². The van der Waals surface area contributed by atoms with E-state index in [0.29, 0.717) is 5.06 Å². The van der Waals surface area contributed by atoms with E-state index in [1.165, 1.54) is 0 Å². The third-order valence-electron chi connectivity index (χ3n) is 2.90. The molecule has 0 bridgehead atoms. The molecule has 0 radical (unpaired) electrons. The number of carbonyl (C=O) groups excluding carboxylic acids is 3. The molecule has 1 N–H and O–H groups in total. The molecule has 1 unspecified atom stereocenters. The van der Waals surface area contributed by atoms with Crippen molar-refractivity contribution >= 4 is 18.3 Å². The topological polar surface area (TPSA) is 93.1 Å². The van der Waals surface area contributed by atoms with Crippen molar-refractivity contribution in [3.63, 3.8) is 0 Å². The summed E-state index contributed by atoms with van der Waals surface area (Å²) in [5, 5.41) is 9.47. The molecule has 1 aromatic rings. The Labute approximate surface area is 142 Å². The number of benzene rings is 1. The molecule has 0 saturated carbocycles. The Morgan fingerprint density at radius 2 is 1.67 bits per heavy atom. The van der Waals surface area contributed by atoms with Gasteiger partial charge in [-0.1, -0.05) is 20.8 Å². The van der Waals surface area contributed by atoms with Crippen molar-refractivity contribution in [1.82, 2.24) is 5.06 Å². The van der Waals surface area contributed by atoms with Crippen molar-refractivity contribution in [2.24, 2.45) is 0 Å². The van der Waals surface area contributed by atoms with Crippen LogP contribution >= 0.6 is 0 Å². The molecule has 7 nitrogen and oxygen atoms in total. The van der Waals surface area contributed by atoms with Crippen LogP contribution in [-0.4, -0.2) is 34.6 Å². The highest BCUT2D eigenvalue weighted by atomic mass is 16.7. The fraction of sp³-hybridized carbons (Fsp3) is 0.471. The summed E-state index contributed by atoms with van der Waals surface area (Å²) in [4.78, 5) is 35.0. The van der Waals surface area contributed by atoms with E-state index < -0.39 is 11.8 Å². The zero-order valence-electron chi connectivity index (χ0n) is 14.5. The standard InChI is InChI=1S/C10H14O2.C5H5NO4.C2H6/c1-3-8(2)12-10-6-4-9(11)5-7-10;7-3-10-6-4(8)1-2-5(6)9;1-2/h4-8,11H,3H2,1-2H3;3H,1-2H2;1-2H3. The van der Waals surface area contributed by atoms with Gasteiger partial charge in [-0.2, -0.15) is 0 Å². The first kappa shape index (κ1) is 21.4. The van der Waals surface area contributed by atoms with Crippen LogP contribution in [0.15, 0.2) is 24.3 Å². The lowest BCUT2D eigenvalue weighted by molar-refractivity contribution is -0.188. The predicted octanol–water partition coefficient (Wildman–Crippen LogP) is 2.82. The largest absolute Gasteiger partial charge is 0.508 e. The minimum atomic E-state index is -0.461. The van der Waals surface area contributed by atoms with Gasteiger partial charge in [-0.05, 0) is 37.6 Å². The summed E-state index contributed by atoms with van der Waals surface area (Å²) in [6, 6.07) is 6.78. The van der Waals surface area contributed by atoms with Crippen LogP contribution in [0.1, 0.15) is 47.0 Å². The van der Waals surface area contributed by atoms with Gasteiger partial charge in [0.05, 0.1) is 6.10 Å². The summed E-state index contributed by atoms with van der Waals surface area (Å²) in [5.74, 6) is 0.155. The molecule has 1 aromatic carbocycles. The second-order valence-corrected chi connectivity index (χ2v) is 4.61. The Bertz CT molecular complexity index is 498. The van der Waals surface area contributed by atoms with E-state index in [-0.39, 0.29) is 31.2 Å². The van der Waals surface area contributed by atoms with E-state index in [4.69, 9.17) is 9.84 Å². The predicted molar refractivity (Wildman–Crippen MR) is 88.1 cm³/mol. The zero-order valence-corrected chi connectivity index (χ0v) is 14.5. The molecule has 1 fully saturated rings. The van der Waals surface area contributed by atoms with E-state index >= 15 is 0 Å². The lowest BCUT2D eigenvalue weighted by atomic mass is 10.3. The highest BCUT2D eigenvalue weighted by Gasteiger charge is 2.30. The first-order valence-electron chi connectivity index (χ1n) is 7.89. The van der Waals surface area contributed by atoms with Crippen molar-refractivity contribution in [3.8, 4) is 11.5 Å². The van der Waals surface area contributed by atoms with Gasteiger partial charge in [0.25, 0.3) is 11.8 Å². The van der Waals surface area contributed by atoms with Crippen LogP contribution in [0.2, 0.25) is 0 Å². The van der Waals surface area contributed by atoms with Gasteiger partial charge in [0.15, 0.2) is 0 Å². The fourth-order valence-electron chi connectivity index (χ4n) is 1.56. The van der Waals surface area contributed by atoms with Gasteiger partial charge in [-0.3, -0.25) is 14.4 Å². The molecule has 1 aliphatic heterocycles. The number of phenolic OH excluding ortho intramolecular Hbond substituents is 1. The molecule has 24 heavy (non-hydrogen) atoms.